The summed E-state index contributed by atoms with van der Waals surface area (Å²) in [7, 11) is 0. The van der Waals surface area contributed by atoms with Crippen molar-refractivity contribution in [1.29, 1.82) is 0 Å². The average molecular weight is 357 g/mol. The number of amides is 2. The van der Waals surface area contributed by atoms with Crippen molar-refractivity contribution in [3.05, 3.63) is 47.5 Å². The topological polar surface area (TPSA) is 72.3 Å². The second-order valence-electron chi connectivity index (χ2n) is 6.72. The summed E-state index contributed by atoms with van der Waals surface area (Å²) in [5, 5.41) is 7.40. The first-order chi connectivity index (χ1) is 12.6. The van der Waals surface area contributed by atoms with E-state index in [0.29, 0.717) is 26.2 Å². The lowest BCUT2D eigenvalue weighted by Gasteiger charge is -2.32. The Morgan fingerprint density at radius 1 is 1.38 bits per heavy atom. The molecule has 2 amide bonds. The molecule has 3 heterocycles. The highest BCUT2D eigenvalue weighted by atomic mass is 16.5. The van der Waals surface area contributed by atoms with Crippen molar-refractivity contribution in [2.45, 2.75) is 45.9 Å². The van der Waals surface area contributed by atoms with E-state index in [-0.39, 0.29) is 12.1 Å². The number of rotatable bonds is 6. The van der Waals surface area contributed by atoms with Crippen molar-refractivity contribution in [3.63, 3.8) is 0 Å². The second kappa shape index (κ2) is 8.80. The van der Waals surface area contributed by atoms with Crippen LogP contribution >= 0.6 is 0 Å². The largest absolute Gasteiger partial charge is 0.370 e. The van der Waals surface area contributed by atoms with Gasteiger partial charge in [0.2, 0.25) is 0 Å². The summed E-state index contributed by atoms with van der Waals surface area (Å²) in [6.07, 6.45) is 3.76. The first-order valence-corrected chi connectivity index (χ1v) is 9.17. The zero-order chi connectivity index (χ0) is 18.4. The Labute approximate surface area is 154 Å². The molecule has 0 spiro atoms. The molecule has 0 saturated carbocycles. The molecule has 1 atom stereocenters. The van der Waals surface area contributed by atoms with Crippen LogP contribution in [0.4, 0.5) is 4.79 Å². The number of urea groups is 1. The van der Waals surface area contributed by atoms with Crippen molar-refractivity contribution in [2.75, 3.05) is 19.6 Å². The number of aryl methyl sites for hydroxylation is 2. The van der Waals surface area contributed by atoms with Gasteiger partial charge in [0, 0.05) is 31.5 Å². The lowest BCUT2D eigenvalue weighted by molar-refractivity contribution is -0.00165. The van der Waals surface area contributed by atoms with Crippen LogP contribution in [0.1, 0.15) is 29.9 Å². The molecular formula is C19H27N5O2. The number of aromatic nitrogens is 3. The Hall–Kier alpha value is -2.41. The van der Waals surface area contributed by atoms with E-state index < -0.39 is 0 Å². The molecule has 0 unspecified atom stereocenters. The van der Waals surface area contributed by atoms with Crippen LogP contribution in [0.15, 0.2) is 30.5 Å². The summed E-state index contributed by atoms with van der Waals surface area (Å²) in [5.74, 6) is 0. The summed E-state index contributed by atoms with van der Waals surface area (Å²) in [6, 6.07) is 7.80. The minimum absolute atomic E-state index is 0.0299. The maximum Gasteiger partial charge on any atom is 0.317 e. The van der Waals surface area contributed by atoms with E-state index in [1.165, 1.54) is 0 Å². The van der Waals surface area contributed by atoms with Gasteiger partial charge < -0.3 is 15.0 Å². The molecule has 1 aliphatic heterocycles. The number of piperidine rings is 1. The lowest BCUT2D eigenvalue weighted by atomic mass is 10.1. The maximum atomic E-state index is 12.4. The second-order valence-corrected chi connectivity index (χ2v) is 6.72. The summed E-state index contributed by atoms with van der Waals surface area (Å²) in [6.45, 7) is 7.12. The quantitative estimate of drug-likeness (QED) is 0.861. The van der Waals surface area contributed by atoms with Gasteiger partial charge in [0.1, 0.15) is 0 Å². The highest BCUT2D eigenvalue weighted by Gasteiger charge is 2.24. The molecule has 0 aromatic carbocycles. The molecule has 7 nitrogen and oxygen atoms in total. The van der Waals surface area contributed by atoms with Gasteiger partial charge in [-0.15, -0.1) is 0 Å². The summed E-state index contributed by atoms with van der Waals surface area (Å²) >= 11 is 0. The third-order valence-electron chi connectivity index (χ3n) is 4.56. The van der Waals surface area contributed by atoms with E-state index in [4.69, 9.17) is 4.74 Å². The van der Waals surface area contributed by atoms with Crippen LogP contribution < -0.4 is 5.32 Å². The van der Waals surface area contributed by atoms with Crippen molar-refractivity contribution in [3.8, 4) is 0 Å². The van der Waals surface area contributed by atoms with Gasteiger partial charge >= 0.3 is 6.03 Å². The smallest absolute Gasteiger partial charge is 0.317 e. The predicted molar refractivity (Wildman–Crippen MR) is 98.7 cm³/mol. The zero-order valence-electron chi connectivity index (χ0n) is 15.5. The Balaban J connectivity index is 1.41. The molecule has 1 saturated heterocycles. The van der Waals surface area contributed by atoms with Crippen molar-refractivity contribution < 1.29 is 9.53 Å². The van der Waals surface area contributed by atoms with E-state index in [0.717, 1.165) is 36.5 Å². The fraction of sp³-hybridized carbons (Fsp3) is 0.526. The molecule has 3 rings (SSSR count). The molecule has 7 heteroatoms. The van der Waals surface area contributed by atoms with Crippen molar-refractivity contribution in [1.82, 2.24) is 25.0 Å². The van der Waals surface area contributed by atoms with E-state index in [2.05, 4.69) is 15.4 Å². The number of carbonyl (C=O) groups excluding carboxylic acids is 1. The third-order valence-corrected chi connectivity index (χ3v) is 4.56. The minimum Gasteiger partial charge on any atom is -0.370 e. The van der Waals surface area contributed by atoms with Gasteiger partial charge in [-0.1, -0.05) is 6.07 Å². The van der Waals surface area contributed by atoms with Crippen LogP contribution in [0, 0.1) is 13.8 Å². The first-order valence-electron chi connectivity index (χ1n) is 9.17. The number of ether oxygens (including phenoxy) is 1. The molecule has 2 aromatic heterocycles. The Bertz CT molecular complexity index is 716. The fourth-order valence-corrected chi connectivity index (χ4v) is 3.23. The number of carbonyl (C=O) groups is 1. The normalized spacial score (nSPS) is 17.3. The molecule has 1 aliphatic rings. The Morgan fingerprint density at radius 2 is 2.27 bits per heavy atom. The summed E-state index contributed by atoms with van der Waals surface area (Å²) in [5.41, 5.74) is 3.02. The lowest BCUT2D eigenvalue weighted by Crippen LogP contribution is -2.48. The van der Waals surface area contributed by atoms with E-state index in [1.54, 1.807) is 6.20 Å². The fourth-order valence-electron chi connectivity index (χ4n) is 3.23. The number of nitrogens with zero attached hydrogens (tertiary/aromatic N) is 4. The van der Waals surface area contributed by atoms with Crippen molar-refractivity contribution >= 4 is 6.03 Å². The number of hydrogen-bond donors (Lipinski definition) is 1. The summed E-state index contributed by atoms with van der Waals surface area (Å²) in [4.78, 5) is 18.5. The third kappa shape index (κ3) is 5.05. The van der Waals surface area contributed by atoms with Crippen LogP contribution in [-0.2, 0) is 17.9 Å². The van der Waals surface area contributed by atoms with Gasteiger partial charge in [0.15, 0.2) is 0 Å². The van der Waals surface area contributed by atoms with E-state index in [9.17, 15) is 4.79 Å². The summed E-state index contributed by atoms with van der Waals surface area (Å²) < 4.78 is 7.86. The van der Waals surface area contributed by atoms with Crippen molar-refractivity contribution in [2.24, 2.45) is 0 Å². The van der Waals surface area contributed by atoms with Crippen LogP contribution in [0.3, 0.4) is 0 Å². The monoisotopic (exact) mass is 357 g/mol. The van der Waals surface area contributed by atoms with E-state index in [1.807, 2.05) is 47.7 Å². The maximum absolute atomic E-state index is 12.4. The first kappa shape index (κ1) is 18.4. The Morgan fingerprint density at radius 3 is 3.00 bits per heavy atom. The molecule has 26 heavy (non-hydrogen) atoms. The molecule has 1 fully saturated rings. The van der Waals surface area contributed by atoms with Gasteiger partial charge in [-0.3, -0.25) is 9.67 Å². The Kier molecular flexibility index (Phi) is 6.22. The van der Waals surface area contributed by atoms with Crippen LogP contribution in [-0.4, -0.2) is 51.4 Å². The van der Waals surface area contributed by atoms with Gasteiger partial charge in [-0.05, 0) is 44.9 Å². The molecule has 0 aliphatic carbocycles. The molecular weight excluding hydrogens is 330 g/mol. The van der Waals surface area contributed by atoms with Crippen LogP contribution in [0.5, 0.6) is 0 Å². The molecule has 1 N–H and O–H groups in total. The highest BCUT2D eigenvalue weighted by Crippen LogP contribution is 2.14. The van der Waals surface area contributed by atoms with Crippen LogP contribution in [0.2, 0.25) is 0 Å². The van der Waals surface area contributed by atoms with Gasteiger partial charge in [-0.25, -0.2) is 4.79 Å². The number of hydrogen-bond acceptors (Lipinski definition) is 4. The number of nitrogens with one attached hydrogen (secondary N) is 1. The molecule has 0 radical (unpaired) electrons. The zero-order valence-corrected chi connectivity index (χ0v) is 15.5. The van der Waals surface area contributed by atoms with Crippen LogP contribution in [0.25, 0.3) is 0 Å². The average Bonchev–Trinajstić information content (AvgIpc) is 2.98. The number of likely N-dealkylation sites (tertiary alicyclic amines) is 1. The van der Waals surface area contributed by atoms with Gasteiger partial charge in [0.25, 0.3) is 0 Å². The van der Waals surface area contributed by atoms with Gasteiger partial charge in [-0.2, -0.15) is 5.10 Å². The number of pyridine rings is 1. The molecule has 0 bridgehead atoms. The van der Waals surface area contributed by atoms with E-state index >= 15 is 0 Å². The minimum atomic E-state index is -0.0299. The molecule has 2 aromatic rings. The van der Waals surface area contributed by atoms with Gasteiger partial charge in [0.05, 0.1) is 30.6 Å². The SMILES string of the molecule is Cc1cc(C)n(CCNC(=O)N2CCC[C@H](OCc3ccccn3)C2)n1. The predicted octanol–water partition coefficient (Wildman–Crippen LogP) is 2.29. The standard InChI is InChI=1S/C19H27N5O2/c1-15-12-16(2)24(22-15)11-9-21-19(25)23-10-5-7-18(13-23)26-14-17-6-3-4-8-20-17/h3-4,6,8,12,18H,5,7,9-11,13-14H2,1-2H3,(H,21,25)/t18-/m0/s1. The highest BCUT2D eigenvalue weighted by molar-refractivity contribution is 5.74. The molecule has 140 valence electrons.